The predicted octanol–water partition coefficient (Wildman–Crippen LogP) is 5.23. The van der Waals surface area contributed by atoms with Crippen molar-refractivity contribution in [2.24, 2.45) is 0 Å². The molecule has 0 radical (unpaired) electrons. The maximum absolute atomic E-state index is 14.0. The Labute approximate surface area is 240 Å². The molecule has 3 aromatic carbocycles. The summed E-state index contributed by atoms with van der Waals surface area (Å²) in [7, 11) is -3.88. The van der Waals surface area contributed by atoms with Crippen LogP contribution in [0.2, 0.25) is 10.0 Å². The molecule has 1 N–H and O–H groups in total. The van der Waals surface area contributed by atoms with E-state index >= 15 is 0 Å². The molecule has 39 heavy (non-hydrogen) atoms. The number of nitrogens with one attached hydrogen (secondary N) is 1. The molecule has 3 aromatic rings. The molecule has 1 unspecified atom stereocenters. The first-order valence-electron chi connectivity index (χ1n) is 12.5. The van der Waals surface area contributed by atoms with Gasteiger partial charge in [-0.05, 0) is 61.7 Å². The highest BCUT2D eigenvalue weighted by molar-refractivity contribution is 7.92. The number of aryl methyl sites for hydroxylation is 1. The van der Waals surface area contributed by atoms with E-state index in [1.807, 2.05) is 44.2 Å². The maximum Gasteiger partial charge on any atom is 0.244 e. The molecule has 0 aliphatic rings. The minimum Gasteiger partial charge on any atom is -0.352 e. The Morgan fingerprint density at radius 1 is 0.897 bits per heavy atom. The van der Waals surface area contributed by atoms with Gasteiger partial charge >= 0.3 is 0 Å². The largest absolute Gasteiger partial charge is 0.352 e. The molecule has 0 saturated heterocycles. The fraction of sp³-hybridized carbons (Fsp3) is 0.310. The summed E-state index contributed by atoms with van der Waals surface area (Å²) in [6.45, 7) is 5.00. The Hall–Kier alpha value is -3.07. The van der Waals surface area contributed by atoms with E-state index in [1.54, 1.807) is 43.3 Å². The zero-order chi connectivity index (χ0) is 28.7. The van der Waals surface area contributed by atoms with Crippen molar-refractivity contribution >= 4 is 50.7 Å². The molecular weight excluding hydrogens is 557 g/mol. The van der Waals surface area contributed by atoms with Crippen LogP contribution in [0, 0.1) is 6.92 Å². The average Bonchev–Trinajstić information content (AvgIpc) is 2.86. The molecule has 7 nitrogen and oxygen atoms in total. The van der Waals surface area contributed by atoms with Crippen LogP contribution >= 0.6 is 23.2 Å². The van der Waals surface area contributed by atoms with Crippen molar-refractivity contribution < 1.29 is 18.0 Å². The van der Waals surface area contributed by atoms with Gasteiger partial charge in [0.25, 0.3) is 0 Å². The number of anilines is 1. The Balaban J connectivity index is 2.07. The van der Waals surface area contributed by atoms with Gasteiger partial charge in [0.15, 0.2) is 0 Å². The first-order valence-corrected chi connectivity index (χ1v) is 15.1. The number of benzene rings is 3. The molecular formula is C29H33Cl2N3O4S. The van der Waals surface area contributed by atoms with Crippen LogP contribution in [0.25, 0.3) is 0 Å². The van der Waals surface area contributed by atoms with Crippen molar-refractivity contribution in [3.63, 3.8) is 0 Å². The van der Waals surface area contributed by atoms with Gasteiger partial charge < -0.3 is 10.2 Å². The van der Waals surface area contributed by atoms with Crippen molar-refractivity contribution in [3.8, 4) is 0 Å². The lowest BCUT2D eigenvalue weighted by atomic mass is 10.0. The van der Waals surface area contributed by atoms with Crippen LogP contribution in [0.1, 0.15) is 30.5 Å². The highest BCUT2D eigenvalue weighted by Gasteiger charge is 2.33. The molecule has 0 heterocycles. The van der Waals surface area contributed by atoms with Gasteiger partial charge in [0.2, 0.25) is 21.8 Å². The van der Waals surface area contributed by atoms with E-state index in [-0.39, 0.29) is 24.9 Å². The topological polar surface area (TPSA) is 86.8 Å². The van der Waals surface area contributed by atoms with Gasteiger partial charge in [0, 0.05) is 29.1 Å². The first-order chi connectivity index (χ1) is 18.3. The molecule has 208 valence electrons. The highest BCUT2D eigenvalue weighted by Crippen LogP contribution is 2.27. The van der Waals surface area contributed by atoms with Crippen LogP contribution in [-0.4, -0.2) is 50.0 Å². The number of halogens is 2. The standard InChI is InChI=1S/C29H33Cl2N3O4S/c1-20(2)32-29(36)27(16-22-8-6-5-7-9-22)33(18-23-11-14-24(30)15-12-23)28(35)19-34(39(4,37)38)26-17-25(31)13-10-21(26)3/h5-15,17,20,27H,16,18-19H2,1-4H3,(H,32,36). The molecule has 0 aliphatic heterocycles. The minimum atomic E-state index is -3.88. The lowest BCUT2D eigenvalue weighted by Crippen LogP contribution is -2.54. The molecule has 3 rings (SSSR count). The summed E-state index contributed by atoms with van der Waals surface area (Å²) in [5.74, 6) is -0.865. The second-order valence-corrected chi connectivity index (χ2v) is 12.5. The van der Waals surface area contributed by atoms with E-state index in [9.17, 15) is 18.0 Å². The van der Waals surface area contributed by atoms with E-state index in [2.05, 4.69) is 5.32 Å². The lowest BCUT2D eigenvalue weighted by Gasteiger charge is -2.34. The SMILES string of the molecule is Cc1ccc(Cl)cc1N(CC(=O)N(Cc1ccc(Cl)cc1)C(Cc1ccccc1)C(=O)NC(C)C)S(C)(=O)=O. The van der Waals surface area contributed by atoms with Gasteiger partial charge in [-0.2, -0.15) is 0 Å². The van der Waals surface area contributed by atoms with Crippen LogP contribution in [0.15, 0.2) is 72.8 Å². The summed E-state index contributed by atoms with van der Waals surface area (Å²) in [6.07, 6.45) is 1.28. The summed E-state index contributed by atoms with van der Waals surface area (Å²) in [5, 5.41) is 3.80. The van der Waals surface area contributed by atoms with Crippen LogP contribution in [-0.2, 0) is 32.6 Å². The molecule has 0 bridgehead atoms. The summed E-state index contributed by atoms with van der Waals surface area (Å²) in [4.78, 5) is 29.0. The zero-order valence-corrected chi connectivity index (χ0v) is 24.7. The summed E-state index contributed by atoms with van der Waals surface area (Å²) in [6, 6.07) is 20.1. The molecule has 0 spiro atoms. The second-order valence-electron chi connectivity index (χ2n) is 9.72. The molecule has 0 aromatic heterocycles. The molecule has 0 saturated carbocycles. The Kier molecular flexibility index (Phi) is 10.4. The third kappa shape index (κ3) is 8.71. The number of hydrogen-bond acceptors (Lipinski definition) is 4. The van der Waals surface area contributed by atoms with Crippen LogP contribution in [0.4, 0.5) is 5.69 Å². The Morgan fingerprint density at radius 2 is 1.51 bits per heavy atom. The van der Waals surface area contributed by atoms with E-state index in [0.29, 0.717) is 21.3 Å². The Bertz CT molecular complexity index is 1400. The van der Waals surface area contributed by atoms with Crippen LogP contribution in [0.3, 0.4) is 0 Å². The molecule has 0 fully saturated rings. The fourth-order valence-electron chi connectivity index (χ4n) is 4.17. The van der Waals surface area contributed by atoms with Gasteiger partial charge in [0.05, 0.1) is 11.9 Å². The van der Waals surface area contributed by atoms with E-state index in [1.165, 1.54) is 11.0 Å². The minimum absolute atomic E-state index is 0.0746. The van der Waals surface area contributed by atoms with Crippen molar-refractivity contribution in [2.45, 2.75) is 45.8 Å². The molecule has 0 aliphatic carbocycles. The fourth-order valence-corrected chi connectivity index (χ4v) is 5.36. The summed E-state index contributed by atoms with van der Waals surface area (Å²) >= 11 is 12.3. The van der Waals surface area contributed by atoms with Crippen molar-refractivity contribution in [3.05, 3.63) is 99.5 Å². The number of carbonyl (C=O) groups excluding carboxylic acids is 2. The number of hydrogen-bond donors (Lipinski definition) is 1. The predicted molar refractivity (Wildman–Crippen MR) is 158 cm³/mol. The zero-order valence-electron chi connectivity index (χ0n) is 22.4. The summed E-state index contributed by atoms with van der Waals surface area (Å²) < 4.78 is 26.8. The van der Waals surface area contributed by atoms with Gasteiger partial charge in [-0.25, -0.2) is 8.42 Å². The number of nitrogens with zero attached hydrogens (tertiary/aromatic N) is 2. The third-order valence-corrected chi connectivity index (χ3v) is 7.70. The number of rotatable bonds is 11. The molecule has 2 amide bonds. The quantitative estimate of drug-likeness (QED) is 0.331. The number of sulfonamides is 1. The highest BCUT2D eigenvalue weighted by atomic mass is 35.5. The monoisotopic (exact) mass is 589 g/mol. The molecule has 1 atom stereocenters. The van der Waals surface area contributed by atoms with Crippen molar-refractivity contribution in [1.82, 2.24) is 10.2 Å². The smallest absolute Gasteiger partial charge is 0.244 e. The normalized spacial score (nSPS) is 12.2. The number of carbonyl (C=O) groups is 2. The van der Waals surface area contributed by atoms with Gasteiger partial charge in [-0.15, -0.1) is 0 Å². The van der Waals surface area contributed by atoms with Crippen molar-refractivity contribution in [1.29, 1.82) is 0 Å². The van der Waals surface area contributed by atoms with Gasteiger partial charge in [-0.3, -0.25) is 13.9 Å². The average molecular weight is 591 g/mol. The maximum atomic E-state index is 14.0. The third-order valence-electron chi connectivity index (χ3n) is 6.09. The van der Waals surface area contributed by atoms with Crippen LogP contribution < -0.4 is 9.62 Å². The summed E-state index contributed by atoms with van der Waals surface area (Å²) in [5.41, 5.74) is 2.55. The second kappa shape index (κ2) is 13.3. The van der Waals surface area contributed by atoms with Crippen LogP contribution in [0.5, 0.6) is 0 Å². The van der Waals surface area contributed by atoms with Gasteiger partial charge in [0.1, 0.15) is 12.6 Å². The van der Waals surface area contributed by atoms with Gasteiger partial charge in [-0.1, -0.05) is 71.7 Å². The number of amides is 2. The lowest BCUT2D eigenvalue weighted by molar-refractivity contribution is -0.140. The Morgan fingerprint density at radius 3 is 2.10 bits per heavy atom. The molecule has 10 heteroatoms. The first kappa shape index (κ1) is 30.5. The van der Waals surface area contributed by atoms with E-state index < -0.39 is 28.5 Å². The van der Waals surface area contributed by atoms with E-state index in [0.717, 1.165) is 21.7 Å². The van der Waals surface area contributed by atoms with E-state index in [4.69, 9.17) is 23.2 Å². The van der Waals surface area contributed by atoms with Crippen molar-refractivity contribution in [2.75, 3.05) is 17.1 Å².